The van der Waals surface area contributed by atoms with Crippen LogP contribution in [0.5, 0.6) is 5.75 Å². The molecule has 2 rings (SSSR count). The molecule has 6 nitrogen and oxygen atoms in total. The highest BCUT2D eigenvalue weighted by atomic mass is 32.2. The van der Waals surface area contributed by atoms with Gasteiger partial charge in [0.15, 0.2) is 0 Å². The van der Waals surface area contributed by atoms with E-state index in [4.69, 9.17) is 4.74 Å². The lowest BCUT2D eigenvalue weighted by Gasteiger charge is -2.21. The molecule has 0 aromatic heterocycles. The Balaban J connectivity index is 2.10. The van der Waals surface area contributed by atoms with E-state index < -0.39 is 10.0 Å². The topological polar surface area (TPSA) is 75.7 Å². The van der Waals surface area contributed by atoms with Gasteiger partial charge in [0.25, 0.3) is 0 Å². The predicted molar refractivity (Wildman–Crippen MR) is 88.1 cm³/mol. The van der Waals surface area contributed by atoms with E-state index in [9.17, 15) is 13.2 Å². The third-order valence-electron chi connectivity index (χ3n) is 4.11. The van der Waals surface area contributed by atoms with Crippen molar-refractivity contribution in [1.29, 1.82) is 0 Å². The Bertz CT molecular complexity index is 696. The van der Waals surface area contributed by atoms with Gasteiger partial charge in [-0.3, -0.25) is 4.79 Å². The van der Waals surface area contributed by atoms with Gasteiger partial charge in [-0.05, 0) is 49.9 Å². The number of benzene rings is 1. The summed E-state index contributed by atoms with van der Waals surface area (Å²) in [5, 5.41) is 0. The second-order valence-corrected chi connectivity index (χ2v) is 7.66. The number of hydrogen-bond acceptors (Lipinski definition) is 4. The molecular formula is C16H24N2O4S. The Morgan fingerprint density at radius 1 is 1.30 bits per heavy atom. The monoisotopic (exact) mass is 340 g/mol. The van der Waals surface area contributed by atoms with Crippen molar-refractivity contribution in [2.75, 3.05) is 20.2 Å². The van der Waals surface area contributed by atoms with E-state index in [-0.39, 0.29) is 23.4 Å². The Kier molecular flexibility index (Phi) is 5.31. The quantitative estimate of drug-likeness (QED) is 0.818. The largest absolute Gasteiger partial charge is 0.495 e. The van der Waals surface area contributed by atoms with E-state index in [1.807, 2.05) is 13.8 Å². The van der Waals surface area contributed by atoms with Gasteiger partial charge in [-0.1, -0.05) is 0 Å². The standard InChI is InChI=1S/C16H24N2O4S/c1-11-9-15(22-4)16(10-12(11)2)23(20,21)17-7-8-18(13(3)19)14-5-6-14/h9-10,14,17H,5-8H2,1-4H3. The van der Waals surface area contributed by atoms with Gasteiger partial charge >= 0.3 is 0 Å². The van der Waals surface area contributed by atoms with E-state index in [1.54, 1.807) is 17.0 Å². The molecule has 1 aliphatic carbocycles. The van der Waals surface area contributed by atoms with E-state index in [2.05, 4.69) is 4.72 Å². The minimum absolute atomic E-state index is 0.0181. The summed E-state index contributed by atoms with van der Waals surface area (Å²) < 4.78 is 32.8. The fourth-order valence-corrected chi connectivity index (χ4v) is 3.75. The van der Waals surface area contributed by atoms with Crippen LogP contribution in [-0.2, 0) is 14.8 Å². The summed E-state index contributed by atoms with van der Waals surface area (Å²) in [5.41, 5.74) is 1.85. The smallest absolute Gasteiger partial charge is 0.244 e. The molecule has 0 unspecified atom stereocenters. The molecular weight excluding hydrogens is 316 g/mol. The molecule has 1 aromatic rings. The average Bonchev–Trinajstić information content (AvgIpc) is 3.30. The van der Waals surface area contributed by atoms with Gasteiger partial charge in [-0.15, -0.1) is 0 Å². The van der Waals surface area contributed by atoms with Crippen LogP contribution in [0.1, 0.15) is 30.9 Å². The lowest BCUT2D eigenvalue weighted by Crippen LogP contribution is -2.38. The molecule has 0 aliphatic heterocycles. The first-order valence-electron chi connectivity index (χ1n) is 7.68. The Morgan fingerprint density at radius 2 is 1.91 bits per heavy atom. The van der Waals surface area contributed by atoms with Crippen molar-refractivity contribution in [1.82, 2.24) is 9.62 Å². The number of carbonyl (C=O) groups excluding carboxylic acids is 1. The summed E-state index contributed by atoms with van der Waals surface area (Å²) in [4.78, 5) is 13.4. The van der Waals surface area contributed by atoms with Crippen LogP contribution in [0.2, 0.25) is 0 Å². The number of aryl methyl sites for hydroxylation is 2. The molecule has 23 heavy (non-hydrogen) atoms. The number of ether oxygens (including phenoxy) is 1. The zero-order chi connectivity index (χ0) is 17.2. The van der Waals surface area contributed by atoms with Gasteiger partial charge in [0, 0.05) is 26.1 Å². The third-order valence-corrected chi connectivity index (χ3v) is 5.59. The van der Waals surface area contributed by atoms with Crippen LogP contribution in [0.15, 0.2) is 17.0 Å². The maximum absolute atomic E-state index is 12.5. The first-order valence-corrected chi connectivity index (χ1v) is 9.16. The fourth-order valence-electron chi connectivity index (χ4n) is 2.49. The summed E-state index contributed by atoms with van der Waals surface area (Å²) >= 11 is 0. The Morgan fingerprint density at radius 3 is 2.43 bits per heavy atom. The summed E-state index contributed by atoms with van der Waals surface area (Å²) in [6.07, 6.45) is 1.99. The normalized spacial score (nSPS) is 14.6. The van der Waals surface area contributed by atoms with Crippen molar-refractivity contribution in [3.8, 4) is 5.75 Å². The second-order valence-electron chi connectivity index (χ2n) is 5.93. The number of nitrogens with zero attached hydrogens (tertiary/aromatic N) is 1. The SMILES string of the molecule is COc1cc(C)c(C)cc1S(=O)(=O)NCCN(C(C)=O)C1CC1. The highest BCUT2D eigenvalue weighted by molar-refractivity contribution is 7.89. The molecule has 0 heterocycles. The lowest BCUT2D eigenvalue weighted by molar-refractivity contribution is -0.129. The molecule has 1 N–H and O–H groups in total. The predicted octanol–water partition coefficient (Wildman–Crippen LogP) is 1.60. The highest BCUT2D eigenvalue weighted by Gasteiger charge is 2.30. The van der Waals surface area contributed by atoms with Crippen LogP contribution in [-0.4, -0.2) is 45.5 Å². The first-order chi connectivity index (χ1) is 10.8. The zero-order valence-electron chi connectivity index (χ0n) is 14.0. The fraction of sp³-hybridized carbons (Fsp3) is 0.562. The molecule has 0 bridgehead atoms. The van der Waals surface area contributed by atoms with Crippen LogP contribution in [0.4, 0.5) is 0 Å². The Hall–Kier alpha value is -1.60. The van der Waals surface area contributed by atoms with Crippen molar-refractivity contribution in [3.63, 3.8) is 0 Å². The van der Waals surface area contributed by atoms with Crippen molar-refractivity contribution in [2.24, 2.45) is 0 Å². The molecule has 1 fully saturated rings. The first kappa shape index (κ1) is 17.7. The van der Waals surface area contributed by atoms with Crippen molar-refractivity contribution in [3.05, 3.63) is 23.3 Å². The number of nitrogens with one attached hydrogen (secondary N) is 1. The zero-order valence-corrected chi connectivity index (χ0v) is 14.9. The number of sulfonamides is 1. The molecule has 1 saturated carbocycles. The maximum atomic E-state index is 12.5. The summed E-state index contributed by atoms with van der Waals surface area (Å²) in [6, 6.07) is 3.60. The van der Waals surface area contributed by atoms with Crippen molar-refractivity contribution >= 4 is 15.9 Å². The molecule has 0 radical (unpaired) electrons. The molecule has 1 aliphatic rings. The molecule has 128 valence electrons. The van der Waals surface area contributed by atoms with Crippen LogP contribution in [0, 0.1) is 13.8 Å². The lowest BCUT2D eigenvalue weighted by atomic mass is 10.1. The van der Waals surface area contributed by atoms with Crippen LogP contribution in [0.3, 0.4) is 0 Å². The highest BCUT2D eigenvalue weighted by Crippen LogP contribution is 2.28. The molecule has 0 atom stereocenters. The summed E-state index contributed by atoms with van der Waals surface area (Å²) in [6.45, 7) is 5.85. The average molecular weight is 340 g/mol. The van der Waals surface area contributed by atoms with E-state index >= 15 is 0 Å². The molecule has 0 spiro atoms. The third kappa shape index (κ3) is 4.23. The summed E-state index contributed by atoms with van der Waals surface area (Å²) in [7, 11) is -2.23. The minimum atomic E-state index is -3.68. The van der Waals surface area contributed by atoms with Gasteiger partial charge < -0.3 is 9.64 Å². The van der Waals surface area contributed by atoms with Crippen LogP contribution in [0.25, 0.3) is 0 Å². The maximum Gasteiger partial charge on any atom is 0.244 e. The second kappa shape index (κ2) is 6.88. The molecule has 1 amide bonds. The van der Waals surface area contributed by atoms with E-state index in [0.29, 0.717) is 12.3 Å². The minimum Gasteiger partial charge on any atom is -0.495 e. The Labute approximate surface area is 137 Å². The van der Waals surface area contributed by atoms with Crippen LogP contribution >= 0.6 is 0 Å². The van der Waals surface area contributed by atoms with Crippen LogP contribution < -0.4 is 9.46 Å². The van der Waals surface area contributed by atoms with E-state index in [1.165, 1.54) is 14.0 Å². The number of carbonyl (C=O) groups is 1. The molecule has 0 saturated heterocycles. The van der Waals surface area contributed by atoms with E-state index in [0.717, 1.165) is 24.0 Å². The number of hydrogen-bond donors (Lipinski definition) is 1. The number of methoxy groups -OCH3 is 1. The summed E-state index contributed by atoms with van der Waals surface area (Å²) in [5.74, 6) is 0.307. The van der Waals surface area contributed by atoms with Crippen molar-refractivity contribution in [2.45, 2.75) is 44.6 Å². The molecule has 1 aromatic carbocycles. The van der Waals surface area contributed by atoms with Gasteiger partial charge in [0.05, 0.1) is 7.11 Å². The number of amides is 1. The van der Waals surface area contributed by atoms with Crippen molar-refractivity contribution < 1.29 is 17.9 Å². The van der Waals surface area contributed by atoms with Gasteiger partial charge in [-0.2, -0.15) is 0 Å². The van der Waals surface area contributed by atoms with Gasteiger partial charge in [-0.25, -0.2) is 13.1 Å². The molecule has 7 heteroatoms. The van der Waals surface area contributed by atoms with Gasteiger partial charge in [0.2, 0.25) is 15.9 Å². The van der Waals surface area contributed by atoms with Gasteiger partial charge in [0.1, 0.15) is 10.6 Å². The number of rotatable bonds is 7.